The van der Waals surface area contributed by atoms with Gasteiger partial charge in [0.15, 0.2) is 0 Å². The van der Waals surface area contributed by atoms with Gasteiger partial charge >= 0.3 is 11.9 Å². The second-order valence-corrected chi connectivity index (χ2v) is 11.8. The van der Waals surface area contributed by atoms with Gasteiger partial charge in [-0.25, -0.2) is 4.79 Å². The number of nitro benzene ring substituents is 1. The van der Waals surface area contributed by atoms with Crippen molar-refractivity contribution in [1.82, 2.24) is 4.90 Å². The Morgan fingerprint density at radius 3 is 2.25 bits per heavy atom. The number of esters is 2. The molecule has 1 saturated heterocycles. The van der Waals surface area contributed by atoms with E-state index in [0.29, 0.717) is 29.9 Å². The number of likely N-dealkylation sites (tertiary alicyclic amines) is 1. The molecule has 2 aliphatic heterocycles. The molecule has 3 atom stereocenters. The first kappa shape index (κ1) is 30.8. The molecule has 1 fully saturated rings. The molecule has 0 N–H and O–H groups in total. The van der Waals surface area contributed by atoms with Crippen molar-refractivity contribution in [1.29, 1.82) is 0 Å². The number of benzene rings is 3. The average molecular weight is 596 g/mol. The molecule has 0 aromatic heterocycles. The third-order valence-corrected chi connectivity index (χ3v) is 8.64. The van der Waals surface area contributed by atoms with E-state index in [1.54, 1.807) is 26.0 Å². The summed E-state index contributed by atoms with van der Waals surface area (Å²) in [7, 11) is 1.27. The van der Waals surface area contributed by atoms with E-state index in [1.165, 1.54) is 30.4 Å². The molecule has 44 heavy (non-hydrogen) atoms. The predicted octanol–water partition coefficient (Wildman–Crippen LogP) is 6.06. The molecular formula is C35H37N3O6. The lowest BCUT2D eigenvalue weighted by atomic mass is 9.75. The number of allylic oxidation sites excluding steroid dienone is 1. The van der Waals surface area contributed by atoms with Gasteiger partial charge in [0.05, 0.1) is 17.6 Å². The van der Waals surface area contributed by atoms with Gasteiger partial charge in [0.2, 0.25) is 0 Å². The van der Waals surface area contributed by atoms with Crippen LogP contribution >= 0.6 is 0 Å². The van der Waals surface area contributed by atoms with Crippen molar-refractivity contribution in [2.45, 2.75) is 44.6 Å². The van der Waals surface area contributed by atoms with E-state index in [-0.39, 0.29) is 17.2 Å². The Kier molecular flexibility index (Phi) is 9.06. The van der Waals surface area contributed by atoms with Gasteiger partial charge in [-0.05, 0) is 37.5 Å². The van der Waals surface area contributed by atoms with Crippen molar-refractivity contribution < 1.29 is 24.0 Å². The molecule has 1 unspecified atom stereocenters. The fourth-order valence-corrected chi connectivity index (χ4v) is 6.50. The minimum atomic E-state index is -0.932. The largest absolute Gasteiger partial charge is 0.468 e. The molecule has 3 aromatic rings. The van der Waals surface area contributed by atoms with Gasteiger partial charge in [-0.2, -0.15) is 0 Å². The molecular weight excluding hydrogens is 558 g/mol. The maximum Gasteiger partial charge on any atom is 0.337 e. The number of ether oxygens (including phenoxy) is 2. The molecule has 228 valence electrons. The standard InChI is InChI=1S/C35H37N3O6/c1-23-30(33(39)43-4)32(27-16-11-17-28(20-27)38(41)42)31(24(2)36-23)34(40)44-35(3)18-19-37(22-35)21-29(25-12-7-5-8-13-25)26-14-9-6-10-15-26/h5-17,20,29-30,32H,18-19,21-22H2,1-4H3/t30?,32-,35+/m0/s1. The highest BCUT2D eigenvalue weighted by atomic mass is 16.6. The van der Waals surface area contributed by atoms with Crippen molar-refractivity contribution >= 4 is 23.3 Å². The van der Waals surface area contributed by atoms with Crippen molar-refractivity contribution in [2.24, 2.45) is 10.9 Å². The first-order valence-corrected chi connectivity index (χ1v) is 14.7. The Labute approximate surface area is 257 Å². The Bertz CT molecular complexity index is 1560. The highest BCUT2D eigenvalue weighted by Gasteiger charge is 2.45. The zero-order valence-corrected chi connectivity index (χ0v) is 25.4. The number of hydrogen-bond donors (Lipinski definition) is 0. The van der Waals surface area contributed by atoms with Crippen LogP contribution in [0.4, 0.5) is 5.69 Å². The van der Waals surface area contributed by atoms with Crippen molar-refractivity contribution in [2.75, 3.05) is 26.7 Å². The lowest BCUT2D eigenvalue weighted by Gasteiger charge is -2.33. The van der Waals surface area contributed by atoms with E-state index in [9.17, 15) is 19.7 Å². The molecule has 0 saturated carbocycles. The summed E-state index contributed by atoms with van der Waals surface area (Å²) in [6, 6.07) is 26.8. The second-order valence-electron chi connectivity index (χ2n) is 11.8. The van der Waals surface area contributed by atoms with Gasteiger partial charge < -0.3 is 9.47 Å². The number of nitrogens with zero attached hydrogens (tertiary/aromatic N) is 3. The Hall–Kier alpha value is -4.63. The summed E-state index contributed by atoms with van der Waals surface area (Å²) in [5, 5.41) is 11.6. The topological polar surface area (TPSA) is 111 Å². The third kappa shape index (κ3) is 6.48. The van der Waals surface area contributed by atoms with E-state index in [2.05, 4.69) is 34.2 Å². The third-order valence-electron chi connectivity index (χ3n) is 8.64. The second kappa shape index (κ2) is 12.9. The van der Waals surface area contributed by atoms with Gasteiger partial charge in [-0.15, -0.1) is 0 Å². The van der Waals surface area contributed by atoms with Gasteiger partial charge in [0.25, 0.3) is 5.69 Å². The number of carbonyl (C=O) groups is 2. The van der Waals surface area contributed by atoms with Crippen molar-refractivity contribution in [3.05, 3.63) is 123 Å². The fraction of sp³-hybridized carbons (Fsp3) is 0.343. The molecule has 0 spiro atoms. The van der Waals surface area contributed by atoms with Crippen LogP contribution in [0.3, 0.4) is 0 Å². The Balaban J connectivity index is 1.41. The quantitative estimate of drug-likeness (QED) is 0.168. The van der Waals surface area contributed by atoms with Gasteiger partial charge in [-0.3, -0.25) is 24.8 Å². The highest BCUT2D eigenvalue weighted by Crippen LogP contribution is 2.42. The van der Waals surface area contributed by atoms with Crippen LogP contribution in [0.2, 0.25) is 0 Å². The van der Waals surface area contributed by atoms with Crippen LogP contribution in [0.1, 0.15) is 55.7 Å². The number of rotatable bonds is 9. The maximum atomic E-state index is 14.1. The molecule has 5 rings (SSSR count). The zero-order chi connectivity index (χ0) is 31.4. The van der Waals surface area contributed by atoms with Crippen LogP contribution < -0.4 is 0 Å². The van der Waals surface area contributed by atoms with Crippen LogP contribution in [-0.2, 0) is 19.1 Å². The van der Waals surface area contributed by atoms with Crippen molar-refractivity contribution in [3.63, 3.8) is 0 Å². The summed E-state index contributed by atoms with van der Waals surface area (Å²) >= 11 is 0. The molecule has 0 amide bonds. The summed E-state index contributed by atoms with van der Waals surface area (Å²) < 4.78 is 11.4. The number of methoxy groups -OCH3 is 1. The lowest BCUT2D eigenvalue weighted by molar-refractivity contribution is -0.384. The molecule has 9 nitrogen and oxygen atoms in total. The first-order chi connectivity index (χ1) is 21.1. The first-order valence-electron chi connectivity index (χ1n) is 14.7. The van der Waals surface area contributed by atoms with E-state index < -0.39 is 34.3 Å². The summed E-state index contributed by atoms with van der Waals surface area (Å²) in [6.07, 6.45) is 0.631. The molecule has 3 aromatic carbocycles. The molecule has 2 aliphatic rings. The van der Waals surface area contributed by atoms with Crippen LogP contribution in [0.15, 0.2) is 101 Å². The molecule has 0 aliphatic carbocycles. The Morgan fingerprint density at radius 1 is 1.02 bits per heavy atom. The summed E-state index contributed by atoms with van der Waals surface area (Å²) in [4.78, 5) is 45.0. The molecule has 0 bridgehead atoms. The van der Waals surface area contributed by atoms with E-state index in [1.807, 2.05) is 43.3 Å². The Morgan fingerprint density at radius 2 is 1.66 bits per heavy atom. The average Bonchev–Trinajstić information content (AvgIpc) is 3.39. The molecule has 2 heterocycles. The fourth-order valence-electron chi connectivity index (χ4n) is 6.50. The van der Waals surface area contributed by atoms with E-state index >= 15 is 0 Å². The zero-order valence-electron chi connectivity index (χ0n) is 25.4. The smallest absolute Gasteiger partial charge is 0.337 e. The molecule has 9 heteroatoms. The van der Waals surface area contributed by atoms with Crippen molar-refractivity contribution in [3.8, 4) is 0 Å². The monoisotopic (exact) mass is 595 g/mol. The van der Waals surface area contributed by atoms with Gasteiger partial charge in [0, 0.05) is 61.4 Å². The minimum absolute atomic E-state index is 0.138. The summed E-state index contributed by atoms with van der Waals surface area (Å²) in [5.74, 6) is -2.80. The number of nitro groups is 1. The SMILES string of the molecule is COC(=O)C1C(C)=NC(C)=C(C(=O)O[C@]2(C)CCN(CC(c3ccccc3)c3ccccc3)C2)[C@H]1c1cccc([N+](=O)[O-])c1. The van der Waals surface area contributed by atoms with E-state index in [0.717, 1.165) is 13.1 Å². The van der Waals surface area contributed by atoms with E-state index in [4.69, 9.17) is 9.47 Å². The van der Waals surface area contributed by atoms with Crippen LogP contribution in [0.5, 0.6) is 0 Å². The van der Waals surface area contributed by atoms with Gasteiger partial charge in [0.1, 0.15) is 11.5 Å². The lowest BCUT2D eigenvalue weighted by Crippen LogP contribution is -2.40. The van der Waals surface area contributed by atoms with Crippen LogP contribution in [-0.4, -0.2) is 59.8 Å². The number of hydrogen-bond acceptors (Lipinski definition) is 8. The van der Waals surface area contributed by atoms with Crippen LogP contribution in [0.25, 0.3) is 0 Å². The highest BCUT2D eigenvalue weighted by molar-refractivity contribution is 6.07. The number of carbonyl (C=O) groups excluding carboxylic acids is 2. The summed E-state index contributed by atoms with van der Waals surface area (Å²) in [5.41, 5.74) is 3.04. The van der Waals surface area contributed by atoms with Crippen LogP contribution in [0, 0.1) is 16.0 Å². The maximum absolute atomic E-state index is 14.1. The number of non-ortho nitro benzene ring substituents is 1. The summed E-state index contributed by atoms with van der Waals surface area (Å²) in [6.45, 7) is 7.36. The normalized spacial score (nSPS) is 22.1. The number of aliphatic imine (C=N–C) groups is 1. The minimum Gasteiger partial charge on any atom is -0.468 e. The predicted molar refractivity (Wildman–Crippen MR) is 167 cm³/mol. The van der Waals surface area contributed by atoms with Gasteiger partial charge in [-0.1, -0.05) is 72.8 Å². The molecule has 0 radical (unpaired) electrons.